The van der Waals surface area contributed by atoms with Crippen LogP contribution < -0.4 is 4.74 Å². The molecule has 19 heavy (non-hydrogen) atoms. The van der Waals surface area contributed by atoms with Crippen molar-refractivity contribution in [1.29, 1.82) is 0 Å². The van der Waals surface area contributed by atoms with Gasteiger partial charge in [-0.25, -0.2) is 4.79 Å². The molecule has 0 fully saturated rings. The summed E-state index contributed by atoms with van der Waals surface area (Å²) in [5.74, 6) is -1.69. The number of nitrogens with zero attached hydrogens (tertiary/aromatic N) is 1. The lowest BCUT2D eigenvalue weighted by atomic mass is 10.1. The number of nitro benzene ring substituents is 1. The highest BCUT2D eigenvalue weighted by Gasteiger charge is 2.32. The van der Waals surface area contributed by atoms with E-state index in [1.54, 1.807) is 0 Å². The Labute approximate surface area is 104 Å². The van der Waals surface area contributed by atoms with Crippen LogP contribution in [-0.4, -0.2) is 30.8 Å². The fourth-order valence-electron chi connectivity index (χ4n) is 1.26. The molecule has 0 N–H and O–H groups in total. The predicted molar refractivity (Wildman–Crippen MR) is 56.0 cm³/mol. The van der Waals surface area contributed by atoms with E-state index in [4.69, 9.17) is 0 Å². The van der Waals surface area contributed by atoms with Crippen LogP contribution in [0.5, 0.6) is 5.75 Å². The van der Waals surface area contributed by atoms with E-state index in [0.717, 1.165) is 25.3 Å². The summed E-state index contributed by atoms with van der Waals surface area (Å²) in [5.41, 5.74) is -1.34. The highest BCUT2D eigenvalue weighted by molar-refractivity contribution is 5.95. The number of methoxy groups -OCH3 is 1. The van der Waals surface area contributed by atoms with Crippen molar-refractivity contribution in [1.82, 2.24) is 0 Å². The SMILES string of the molecule is COC(=O)c1cccc(OCC(F)(F)F)c1[N+](=O)[O-]. The normalized spacial score (nSPS) is 10.9. The van der Waals surface area contributed by atoms with Gasteiger partial charge in [-0.15, -0.1) is 0 Å². The van der Waals surface area contributed by atoms with Crippen LogP contribution in [0.15, 0.2) is 18.2 Å². The molecular weight excluding hydrogens is 271 g/mol. The van der Waals surface area contributed by atoms with Gasteiger partial charge in [0.05, 0.1) is 12.0 Å². The van der Waals surface area contributed by atoms with Gasteiger partial charge in [-0.05, 0) is 12.1 Å². The van der Waals surface area contributed by atoms with Crippen molar-refractivity contribution in [3.05, 3.63) is 33.9 Å². The van der Waals surface area contributed by atoms with Crippen LogP contribution in [0, 0.1) is 10.1 Å². The zero-order valence-electron chi connectivity index (χ0n) is 9.56. The lowest BCUT2D eigenvalue weighted by Gasteiger charge is -2.10. The molecule has 0 heterocycles. The lowest BCUT2D eigenvalue weighted by molar-refractivity contribution is -0.386. The fourth-order valence-corrected chi connectivity index (χ4v) is 1.26. The van der Waals surface area contributed by atoms with Gasteiger partial charge in [0.2, 0.25) is 0 Å². The molecule has 0 aromatic heterocycles. The summed E-state index contributed by atoms with van der Waals surface area (Å²) in [6.45, 7) is -1.70. The summed E-state index contributed by atoms with van der Waals surface area (Å²) in [4.78, 5) is 21.1. The zero-order chi connectivity index (χ0) is 14.6. The third-order valence-corrected chi connectivity index (χ3v) is 1.98. The van der Waals surface area contributed by atoms with Crippen molar-refractivity contribution in [2.45, 2.75) is 6.18 Å². The van der Waals surface area contributed by atoms with E-state index in [1.807, 2.05) is 0 Å². The highest BCUT2D eigenvalue weighted by Crippen LogP contribution is 2.32. The van der Waals surface area contributed by atoms with Crippen LogP contribution in [-0.2, 0) is 4.74 Å². The highest BCUT2D eigenvalue weighted by atomic mass is 19.4. The molecular formula is C10H8F3NO5. The Morgan fingerprint density at radius 3 is 2.53 bits per heavy atom. The third-order valence-electron chi connectivity index (χ3n) is 1.98. The number of esters is 1. The summed E-state index contributed by atoms with van der Waals surface area (Å²) >= 11 is 0. The lowest BCUT2D eigenvalue weighted by Crippen LogP contribution is -2.20. The number of carbonyl (C=O) groups excluding carboxylic acids is 1. The second-order valence-electron chi connectivity index (χ2n) is 3.30. The second-order valence-corrected chi connectivity index (χ2v) is 3.30. The molecule has 9 heteroatoms. The quantitative estimate of drug-likeness (QED) is 0.480. The first-order valence-corrected chi connectivity index (χ1v) is 4.81. The summed E-state index contributed by atoms with van der Waals surface area (Å²) < 4.78 is 44.7. The van der Waals surface area contributed by atoms with Gasteiger partial charge in [0, 0.05) is 0 Å². The zero-order valence-corrected chi connectivity index (χ0v) is 9.56. The number of hydrogen-bond donors (Lipinski definition) is 0. The van der Waals surface area contributed by atoms with Gasteiger partial charge in [0.15, 0.2) is 12.4 Å². The minimum Gasteiger partial charge on any atom is -0.477 e. The van der Waals surface area contributed by atoms with Gasteiger partial charge in [0.25, 0.3) is 0 Å². The molecule has 0 amide bonds. The van der Waals surface area contributed by atoms with Crippen molar-refractivity contribution in [3.8, 4) is 5.75 Å². The molecule has 0 aliphatic carbocycles. The first-order chi connectivity index (χ1) is 8.76. The van der Waals surface area contributed by atoms with E-state index in [0.29, 0.717) is 0 Å². The van der Waals surface area contributed by atoms with E-state index < -0.39 is 40.7 Å². The molecule has 104 valence electrons. The molecule has 0 saturated heterocycles. The van der Waals surface area contributed by atoms with Crippen LogP contribution in [0.2, 0.25) is 0 Å². The second kappa shape index (κ2) is 5.55. The number of halogens is 3. The molecule has 1 rings (SSSR count). The first-order valence-electron chi connectivity index (χ1n) is 4.81. The maximum Gasteiger partial charge on any atom is 0.422 e. The third kappa shape index (κ3) is 3.83. The Morgan fingerprint density at radius 2 is 2.05 bits per heavy atom. The van der Waals surface area contributed by atoms with Crippen molar-refractivity contribution in [2.75, 3.05) is 13.7 Å². The Balaban J connectivity index is 3.17. The van der Waals surface area contributed by atoms with Gasteiger partial charge < -0.3 is 9.47 Å². The average Bonchev–Trinajstić information content (AvgIpc) is 2.33. The number of carbonyl (C=O) groups is 1. The van der Waals surface area contributed by atoms with Gasteiger partial charge >= 0.3 is 17.8 Å². The van der Waals surface area contributed by atoms with Crippen LogP contribution >= 0.6 is 0 Å². The van der Waals surface area contributed by atoms with Crippen LogP contribution in [0.25, 0.3) is 0 Å². The van der Waals surface area contributed by atoms with Gasteiger partial charge in [0.1, 0.15) is 5.56 Å². The molecule has 0 unspecified atom stereocenters. The summed E-state index contributed by atoms with van der Waals surface area (Å²) in [6.07, 6.45) is -4.64. The van der Waals surface area contributed by atoms with E-state index in [9.17, 15) is 28.1 Å². The smallest absolute Gasteiger partial charge is 0.422 e. The Bertz CT molecular complexity index is 500. The maximum atomic E-state index is 12.0. The number of rotatable bonds is 4. The number of alkyl halides is 3. The van der Waals surface area contributed by atoms with Crippen molar-refractivity contribution < 1.29 is 32.4 Å². The molecule has 1 aromatic carbocycles. The summed E-state index contributed by atoms with van der Waals surface area (Å²) in [6, 6.07) is 3.19. The Kier molecular flexibility index (Phi) is 4.30. The van der Waals surface area contributed by atoms with Crippen molar-refractivity contribution in [2.24, 2.45) is 0 Å². The topological polar surface area (TPSA) is 78.7 Å². The summed E-state index contributed by atoms with van der Waals surface area (Å²) in [7, 11) is 0.995. The van der Waals surface area contributed by atoms with Crippen molar-refractivity contribution >= 4 is 11.7 Å². The minimum absolute atomic E-state index is 0.479. The largest absolute Gasteiger partial charge is 0.477 e. The molecule has 0 aliphatic rings. The number of ether oxygens (including phenoxy) is 2. The molecule has 0 aliphatic heterocycles. The fraction of sp³-hybridized carbons (Fsp3) is 0.300. The summed E-state index contributed by atoms with van der Waals surface area (Å²) in [5, 5.41) is 10.8. The van der Waals surface area contributed by atoms with E-state index in [-0.39, 0.29) is 0 Å². The molecule has 0 bridgehead atoms. The molecule has 0 spiro atoms. The van der Waals surface area contributed by atoms with Crippen LogP contribution in [0.1, 0.15) is 10.4 Å². The molecule has 0 saturated carbocycles. The molecule has 0 atom stereocenters. The first kappa shape index (κ1) is 14.7. The van der Waals surface area contributed by atoms with E-state index >= 15 is 0 Å². The van der Waals surface area contributed by atoms with Crippen molar-refractivity contribution in [3.63, 3.8) is 0 Å². The van der Waals surface area contributed by atoms with Crippen LogP contribution in [0.3, 0.4) is 0 Å². The minimum atomic E-state index is -4.64. The maximum absolute atomic E-state index is 12.0. The molecule has 6 nitrogen and oxygen atoms in total. The number of para-hydroxylation sites is 1. The monoisotopic (exact) mass is 279 g/mol. The number of benzene rings is 1. The molecule has 0 radical (unpaired) electrons. The van der Waals surface area contributed by atoms with Gasteiger partial charge in [-0.3, -0.25) is 10.1 Å². The Morgan fingerprint density at radius 1 is 1.42 bits per heavy atom. The van der Waals surface area contributed by atoms with Gasteiger partial charge in [-0.2, -0.15) is 13.2 Å². The standard InChI is InChI=1S/C10H8F3NO5/c1-18-9(15)6-3-2-4-7(8(6)14(16)17)19-5-10(11,12)13/h2-4H,5H2,1H3. The average molecular weight is 279 g/mol. The predicted octanol–water partition coefficient (Wildman–Crippen LogP) is 2.32. The number of hydrogen-bond acceptors (Lipinski definition) is 5. The Hall–Kier alpha value is -2.32. The van der Waals surface area contributed by atoms with Gasteiger partial charge in [-0.1, -0.05) is 6.07 Å². The van der Waals surface area contributed by atoms with E-state index in [2.05, 4.69) is 9.47 Å². The molecule has 1 aromatic rings. The van der Waals surface area contributed by atoms with Crippen LogP contribution in [0.4, 0.5) is 18.9 Å². The number of nitro groups is 1. The van der Waals surface area contributed by atoms with E-state index in [1.165, 1.54) is 0 Å².